The molecule has 0 bridgehead atoms. The highest BCUT2D eigenvalue weighted by molar-refractivity contribution is 8.13. The Morgan fingerprint density at radius 3 is 2.81 bits per heavy atom. The molecule has 2 aromatic rings. The summed E-state index contributed by atoms with van der Waals surface area (Å²) in [7, 11) is 0. The Labute approximate surface area is 185 Å². The van der Waals surface area contributed by atoms with Crippen molar-refractivity contribution in [2.45, 2.75) is 19.4 Å². The summed E-state index contributed by atoms with van der Waals surface area (Å²) in [5, 5.41) is 3.18. The predicted octanol–water partition coefficient (Wildman–Crippen LogP) is 4.91. The first kappa shape index (κ1) is 19.7. The van der Waals surface area contributed by atoms with Gasteiger partial charge in [0, 0.05) is 23.3 Å². The van der Waals surface area contributed by atoms with Crippen molar-refractivity contribution in [3.8, 4) is 5.75 Å². The van der Waals surface area contributed by atoms with E-state index in [0.717, 1.165) is 39.4 Å². The third kappa shape index (κ3) is 3.37. The molecule has 31 heavy (non-hydrogen) atoms. The lowest BCUT2D eigenvalue weighted by Gasteiger charge is -2.34. The summed E-state index contributed by atoms with van der Waals surface area (Å²) in [6, 6.07) is 15.3. The van der Waals surface area contributed by atoms with E-state index in [1.807, 2.05) is 67.6 Å². The Hall–Kier alpha value is -3.25. The lowest BCUT2D eigenvalue weighted by atomic mass is 9.90. The molecule has 5 nitrogen and oxygen atoms in total. The van der Waals surface area contributed by atoms with E-state index >= 15 is 0 Å². The molecule has 2 aromatic carbocycles. The van der Waals surface area contributed by atoms with Gasteiger partial charge in [0.1, 0.15) is 5.75 Å². The number of carbonyl (C=O) groups is 2. The fraction of sp³-hybridized carbons (Fsp3) is 0.200. The number of rotatable bonds is 3. The highest BCUT2D eigenvalue weighted by atomic mass is 32.2. The van der Waals surface area contributed by atoms with E-state index in [1.165, 1.54) is 11.8 Å². The number of carbonyl (C=O) groups excluding carboxylic acids is 2. The first-order chi connectivity index (χ1) is 15.1. The van der Waals surface area contributed by atoms with Gasteiger partial charge in [-0.3, -0.25) is 9.59 Å². The van der Waals surface area contributed by atoms with Crippen LogP contribution in [0.5, 0.6) is 5.75 Å². The molecule has 1 unspecified atom stereocenters. The Bertz CT molecular complexity index is 1180. The number of anilines is 1. The van der Waals surface area contributed by atoms with E-state index in [0.29, 0.717) is 18.7 Å². The van der Waals surface area contributed by atoms with Gasteiger partial charge in [-0.2, -0.15) is 0 Å². The first-order valence-electron chi connectivity index (χ1n) is 10.2. The maximum Gasteiger partial charge on any atom is 0.255 e. The van der Waals surface area contributed by atoms with Crippen LogP contribution in [0.25, 0.3) is 6.08 Å². The minimum atomic E-state index is -0.408. The van der Waals surface area contributed by atoms with Crippen LogP contribution in [0, 0.1) is 0 Å². The molecule has 0 saturated carbocycles. The van der Waals surface area contributed by atoms with Crippen LogP contribution in [0.15, 0.2) is 77.0 Å². The molecule has 1 N–H and O–H groups in total. The molecular weight excluding hydrogens is 408 g/mol. The van der Waals surface area contributed by atoms with Gasteiger partial charge in [-0.15, -0.1) is 0 Å². The van der Waals surface area contributed by atoms with Gasteiger partial charge >= 0.3 is 0 Å². The zero-order valence-corrected chi connectivity index (χ0v) is 18.2. The minimum absolute atomic E-state index is 0.00317. The van der Waals surface area contributed by atoms with E-state index in [9.17, 15) is 9.59 Å². The number of fused-ring (bicyclic) bond motifs is 2. The number of amides is 1. The lowest BCUT2D eigenvalue weighted by Crippen LogP contribution is -2.34. The maximum atomic E-state index is 13.6. The Morgan fingerprint density at radius 2 is 2.03 bits per heavy atom. The molecule has 5 rings (SSSR count). The molecule has 6 heteroatoms. The summed E-state index contributed by atoms with van der Waals surface area (Å²) in [5.41, 5.74) is 6.08. The quantitative estimate of drug-likeness (QED) is 0.702. The van der Waals surface area contributed by atoms with E-state index in [2.05, 4.69) is 5.32 Å². The van der Waals surface area contributed by atoms with Crippen molar-refractivity contribution in [2.24, 2.45) is 0 Å². The molecule has 156 valence electrons. The number of nitrogens with zero attached hydrogens (tertiary/aromatic N) is 1. The zero-order chi connectivity index (χ0) is 21.5. The Morgan fingerprint density at radius 1 is 1.23 bits per heavy atom. The molecule has 1 amide bonds. The second-order valence-electron chi connectivity index (χ2n) is 7.78. The molecule has 1 saturated heterocycles. The minimum Gasteiger partial charge on any atom is -0.471 e. The molecule has 3 heterocycles. The summed E-state index contributed by atoms with van der Waals surface area (Å²) >= 11 is 1.19. The summed E-state index contributed by atoms with van der Waals surface area (Å²) in [6.07, 6.45) is 6.25. The van der Waals surface area contributed by atoms with Crippen LogP contribution in [-0.4, -0.2) is 28.9 Å². The number of benzene rings is 2. The third-order valence-corrected chi connectivity index (χ3v) is 6.46. The van der Waals surface area contributed by atoms with Gasteiger partial charge in [-0.25, -0.2) is 0 Å². The average Bonchev–Trinajstić information content (AvgIpc) is 3.37. The third-order valence-electron chi connectivity index (χ3n) is 5.87. The van der Waals surface area contributed by atoms with Crippen LogP contribution in [0.3, 0.4) is 0 Å². The highest BCUT2D eigenvalue weighted by Gasteiger charge is 2.42. The number of nitrogens with one attached hydrogen (secondary N) is 1. The SMILES string of the molecule is CSC(=O)C1=C(C)C=C2CC(=Cc3ccc4c(c3)NCO4)C(=O)N2C1c1ccccc1. The van der Waals surface area contributed by atoms with Crippen LogP contribution in [-0.2, 0) is 9.59 Å². The maximum absolute atomic E-state index is 13.6. The largest absolute Gasteiger partial charge is 0.471 e. The van der Waals surface area contributed by atoms with Crippen molar-refractivity contribution in [3.05, 3.63) is 88.2 Å². The lowest BCUT2D eigenvalue weighted by molar-refractivity contribution is -0.125. The van der Waals surface area contributed by atoms with Crippen LogP contribution < -0.4 is 10.1 Å². The van der Waals surface area contributed by atoms with Crippen LogP contribution in [0.1, 0.15) is 30.5 Å². The van der Waals surface area contributed by atoms with Crippen LogP contribution >= 0.6 is 11.8 Å². The van der Waals surface area contributed by atoms with Crippen molar-refractivity contribution in [2.75, 3.05) is 18.3 Å². The van der Waals surface area contributed by atoms with Crippen molar-refractivity contribution in [1.82, 2.24) is 4.90 Å². The van der Waals surface area contributed by atoms with Crippen molar-refractivity contribution in [3.63, 3.8) is 0 Å². The fourth-order valence-corrected chi connectivity index (χ4v) is 4.95. The molecular formula is C25H22N2O3S. The van der Waals surface area contributed by atoms with Gasteiger partial charge < -0.3 is 15.0 Å². The van der Waals surface area contributed by atoms with E-state index in [1.54, 1.807) is 11.2 Å². The number of ether oxygens (including phenoxy) is 1. The number of hydrogen-bond acceptors (Lipinski definition) is 5. The Balaban J connectivity index is 1.56. The van der Waals surface area contributed by atoms with Gasteiger partial charge in [0.25, 0.3) is 5.91 Å². The molecule has 1 fully saturated rings. The average molecular weight is 431 g/mol. The molecule has 0 radical (unpaired) electrons. The monoisotopic (exact) mass is 430 g/mol. The number of thioether (sulfide) groups is 1. The Kier molecular flexibility index (Phi) is 4.94. The summed E-state index contributed by atoms with van der Waals surface area (Å²) in [4.78, 5) is 28.2. The van der Waals surface area contributed by atoms with Crippen molar-refractivity contribution >= 4 is 34.5 Å². The molecule has 1 atom stereocenters. The smallest absolute Gasteiger partial charge is 0.255 e. The normalized spacial score (nSPS) is 20.9. The predicted molar refractivity (Wildman–Crippen MR) is 123 cm³/mol. The van der Waals surface area contributed by atoms with E-state index < -0.39 is 6.04 Å². The van der Waals surface area contributed by atoms with Gasteiger partial charge in [0.2, 0.25) is 5.12 Å². The standard InChI is InChI=1S/C25H22N2O3S/c1-15-10-19-13-18(11-16-8-9-21-20(12-16)26-14-30-21)24(28)27(19)23(22(15)25(29)31-2)17-6-4-3-5-7-17/h3-12,23,26H,13-14H2,1-2H3. The van der Waals surface area contributed by atoms with Crippen molar-refractivity contribution < 1.29 is 14.3 Å². The van der Waals surface area contributed by atoms with Gasteiger partial charge in [-0.05, 0) is 54.2 Å². The summed E-state index contributed by atoms with van der Waals surface area (Å²) in [6.45, 7) is 2.42. The van der Waals surface area contributed by atoms with Gasteiger partial charge in [0.15, 0.2) is 6.73 Å². The number of allylic oxidation sites excluding steroid dienone is 3. The molecule has 3 aliphatic heterocycles. The summed E-state index contributed by atoms with van der Waals surface area (Å²) in [5.74, 6) is 0.771. The first-order valence-corrected chi connectivity index (χ1v) is 11.4. The van der Waals surface area contributed by atoms with Gasteiger partial charge in [0.05, 0.1) is 11.7 Å². The van der Waals surface area contributed by atoms with E-state index in [4.69, 9.17) is 4.74 Å². The fourth-order valence-electron chi connectivity index (χ4n) is 4.46. The molecule has 0 aliphatic carbocycles. The molecule has 0 aromatic heterocycles. The van der Waals surface area contributed by atoms with Crippen LogP contribution in [0.2, 0.25) is 0 Å². The molecule has 0 spiro atoms. The van der Waals surface area contributed by atoms with Crippen LogP contribution in [0.4, 0.5) is 5.69 Å². The zero-order valence-electron chi connectivity index (χ0n) is 17.3. The second-order valence-corrected chi connectivity index (χ2v) is 8.56. The highest BCUT2D eigenvalue weighted by Crippen LogP contribution is 2.46. The summed E-state index contributed by atoms with van der Waals surface area (Å²) < 4.78 is 5.49. The topological polar surface area (TPSA) is 58.6 Å². The van der Waals surface area contributed by atoms with Gasteiger partial charge in [-0.1, -0.05) is 48.2 Å². The number of hydrogen-bond donors (Lipinski definition) is 1. The van der Waals surface area contributed by atoms with E-state index in [-0.39, 0.29) is 11.0 Å². The molecule has 3 aliphatic rings. The van der Waals surface area contributed by atoms with Crippen molar-refractivity contribution in [1.29, 1.82) is 0 Å². The second kappa shape index (κ2) is 7.78.